The number of para-hydroxylation sites is 1. The SMILES string of the molecule is O=C1C[C@H](c2cccs2)[C@H]2[C@@H](O)Oc3ccccc3[C@@H]2C1. The predicted octanol–water partition coefficient (Wildman–Crippen LogP) is 3.31. The van der Waals surface area contributed by atoms with E-state index in [2.05, 4.69) is 6.07 Å². The number of rotatable bonds is 1. The lowest BCUT2D eigenvalue weighted by molar-refractivity contribution is -0.131. The molecule has 1 aromatic heterocycles. The average Bonchev–Trinajstić information content (AvgIpc) is 3.00. The van der Waals surface area contributed by atoms with Gasteiger partial charge in [0.2, 0.25) is 6.29 Å². The first-order valence-corrected chi connectivity index (χ1v) is 8.11. The number of ketones is 1. The number of benzene rings is 1. The van der Waals surface area contributed by atoms with Crippen molar-refractivity contribution in [2.24, 2.45) is 5.92 Å². The molecule has 1 aliphatic carbocycles. The molecule has 0 radical (unpaired) electrons. The van der Waals surface area contributed by atoms with Gasteiger partial charge in [-0.05, 0) is 23.1 Å². The minimum Gasteiger partial charge on any atom is -0.465 e. The molecule has 2 heterocycles. The summed E-state index contributed by atoms with van der Waals surface area (Å²) < 4.78 is 5.71. The fraction of sp³-hybridized carbons (Fsp3) is 0.353. The van der Waals surface area contributed by atoms with E-state index in [0.29, 0.717) is 18.6 Å². The van der Waals surface area contributed by atoms with E-state index in [4.69, 9.17) is 4.74 Å². The van der Waals surface area contributed by atoms with Crippen molar-refractivity contribution in [3.8, 4) is 5.75 Å². The molecule has 21 heavy (non-hydrogen) atoms. The molecule has 4 heteroatoms. The molecule has 0 bridgehead atoms. The second-order valence-corrected chi connectivity index (χ2v) is 6.78. The normalized spacial score (nSPS) is 31.2. The van der Waals surface area contributed by atoms with Gasteiger partial charge in [-0.3, -0.25) is 4.79 Å². The fourth-order valence-corrected chi connectivity index (χ4v) is 4.62. The summed E-state index contributed by atoms with van der Waals surface area (Å²) in [6.07, 6.45) is 0.166. The molecule has 0 amide bonds. The number of hydrogen-bond acceptors (Lipinski definition) is 4. The molecule has 1 N–H and O–H groups in total. The molecule has 4 atom stereocenters. The van der Waals surface area contributed by atoms with Crippen LogP contribution < -0.4 is 4.74 Å². The number of aliphatic hydroxyl groups is 1. The molecule has 1 saturated carbocycles. The molecule has 1 fully saturated rings. The summed E-state index contributed by atoms with van der Waals surface area (Å²) in [6.45, 7) is 0. The monoisotopic (exact) mass is 300 g/mol. The number of hydrogen-bond donors (Lipinski definition) is 1. The third-order valence-corrected chi connectivity index (χ3v) is 5.63. The Morgan fingerprint density at radius 3 is 2.71 bits per heavy atom. The van der Waals surface area contributed by atoms with Crippen LogP contribution in [0.15, 0.2) is 41.8 Å². The van der Waals surface area contributed by atoms with Crippen LogP contribution in [0.2, 0.25) is 0 Å². The standard InChI is InChI=1S/C17H16O3S/c18-10-8-12-11-4-1-2-5-14(11)20-17(19)16(12)13(9-10)15-6-3-7-21-15/h1-7,12-13,16-17,19H,8-9H2/t12-,13+,16-,17-/m0/s1. The molecule has 1 aromatic carbocycles. The highest BCUT2D eigenvalue weighted by atomic mass is 32.1. The Bertz CT molecular complexity index is 664. The average molecular weight is 300 g/mol. The van der Waals surface area contributed by atoms with Crippen molar-refractivity contribution in [2.45, 2.75) is 31.0 Å². The summed E-state index contributed by atoms with van der Waals surface area (Å²) in [5.74, 6) is 1.05. The maximum Gasteiger partial charge on any atom is 0.201 e. The van der Waals surface area contributed by atoms with Crippen LogP contribution in [-0.4, -0.2) is 17.2 Å². The molecule has 4 rings (SSSR count). The number of thiophene rings is 1. The van der Waals surface area contributed by atoms with Crippen LogP contribution in [0.3, 0.4) is 0 Å². The molecule has 2 aliphatic rings. The molecular formula is C17H16O3S. The zero-order valence-electron chi connectivity index (χ0n) is 11.4. The van der Waals surface area contributed by atoms with Gasteiger partial charge < -0.3 is 9.84 Å². The summed E-state index contributed by atoms with van der Waals surface area (Å²) in [6, 6.07) is 11.8. The zero-order valence-corrected chi connectivity index (χ0v) is 12.3. The molecule has 1 aliphatic heterocycles. The van der Waals surface area contributed by atoms with Gasteiger partial charge in [0.05, 0.1) is 0 Å². The number of Topliss-reactive ketones (excluding diaryl/α,β-unsaturated/α-hetero) is 1. The second-order valence-electron chi connectivity index (χ2n) is 5.80. The van der Waals surface area contributed by atoms with Gasteiger partial charge in [0, 0.05) is 35.5 Å². The first-order valence-electron chi connectivity index (χ1n) is 7.23. The molecule has 0 spiro atoms. The lowest BCUT2D eigenvalue weighted by Gasteiger charge is -2.43. The highest BCUT2D eigenvalue weighted by Gasteiger charge is 2.47. The Labute approximate surface area is 127 Å². The van der Waals surface area contributed by atoms with E-state index in [1.807, 2.05) is 35.7 Å². The van der Waals surface area contributed by atoms with Crippen molar-refractivity contribution in [3.63, 3.8) is 0 Å². The maximum atomic E-state index is 12.2. The molecular weight excluding hydrogens is 284 g/mol. The van der Waals surface area contributed by atoms with Crippen molar-refractivity contribution in [3.05, 3.63) is 52.2 Å². The molecule has 0 saturated heterocycles. The van der Waals surface area contributed by atoms with Crippen molar-refractivity contribution in [2.75, 3.05) is 0 Å². The summed E-state index contributed by atoms with van der Waals surface area (Å²) in [4.78, 5) is 13.4. The summed E-state index contributed by atoms with van der Waals surface area (Å²) in [5, 5.41) is 12.5. The van der Waals surface area contributed by atoms with Gasteiger partial charge in [-0.1, -0.05) is 24.3 Å². The Morgan fingerprint density at radius 2 is 1.90 bits per heavy atom. The van der Waals surface area contributed by atoms with Crippen LogP contribution in [0.4, 0.5) is 0 Å². The molecule has 3 nitrogen and oxygen atoms in total. The number of ether oxygens (including phenoxy) is 1. The predicted molar refractivity (Wildman–Crippen MR) is 80.6 cm³/mol. The lowest BCUT2D eigenvalue weighted by Crippen LogP contribution is -2.43. The topological polar surface area (TPSA) is 46.5 Å². The third-order valence-electron chi connectivity index (χ3n) is 4.63. The van der Waals surface area contributed by atoms with Gasteiger partial charge in [0.1, 0.15) is 11.5 Å². The number of fused-ring (bicyclic) bond motifs is 3. The molecule has 108 valence electrons. The maximum absolute atomic E-state index is 12.2. The molecule has 2 aromatic rings. The van der Waals surface area contributed by atoms with E-state index in [9.17, 15) is 9.90 Å². The van der Waals surface area contributed by atoms with E-state index >= 15 is 0 Å². The second kappa shape index (κ2) is 4.97. The Kier molecular flexibility index (Phi) is 3.08. The van der Waals surface area contributed by atoms with Gasteiger partial charge in [0.25, 0.3) is 0 Å². The van der Waals surface area contributed by atoms with Crippen LogP contribution in [0.5, 0.6) is 5.75 Å². The van der Waals surface area contributed by atoms with E-state index in [1.54, 1.807) is 11.3 Å². The van der Waals surface area contributed by atoms with Crippen molar-refractivity contribution < 1.29 is 14.6 Å². The van der Waals surface area contributed by atoms with Crippen molar-refractivity contribution in [1.29, 1.82) is 0 Å². The molecule has 0 unspecified atom stereocenters. The quantitative estimate of drug-likeness (QED) is 0.879. The summed E-state index contributed by atoms with van der Waals surface area (Å²) in [7, 11) is 0. The first kappa shape index (κ1) is 13.0. The Balaban J connectivity index is 1.80. The smallest absolute Gasteiger partial charge is 0.201 e. The van der Waals surface area contributed by atoms with Gasteiger partial charge >= 0.3 is 0 Å². The van der Waals surface area contributed by atoms with Crippen LogP contribution in [0, 0.1) is 5.92 Å². The van der Waals surface area contributed by atoms with Gasteiger partial charge in [-0.15, -0.1) is 11.3 Å². The third kappa shape index (κ3) is 2.10. The highest BCUT2D eigenvalue weighted by Crippen LogP contribution is 2.52. The van der Waals surface area contributed by atoms with Crippen LogP contribution in [-0.2, 0) is 4.79 Å². The van der Waals surface area contributed by atoms with Crippen LogP contribution in [0.1, 0.15) is 35.1 Å². The minimum atomic E-state index is -0.843. The van der Waals surface area contributed by atoms with Crippen molar-refractivity contribution >= 4 is 17.1 Å². The Hall–Kier alpha value is -1.65. The van der Waals surface area contributed by atoms with Crippen LogP contribution >= 0.6 is 11.3 Å². The summed E-state index contributed by atoms with van der Waals surface area (Å²) >= 11 is 1.65. The highest BCUT2D eigenvalue weighted by molar-refractivity contribution is 7.10. The number of carbonyl (C=O) groups is 1. The summed E-state index contributed by atoms with van der Waals surface area (Å²) in [5.41, 5.74) is 1.06. The fourth-order valence-electron chi connectivity index (χ4n) is 3.74. The van der Waals surface area contributed by atoms with E-state index in [1.165, 1.54) is 4.88 Å². The van der Waals surface area contributed by atoms with Gasteiger partial charge in [-0.2, -0.15) is 0 Å². The largest absolute Gasteiger partial charge is 0.465 e. The van der Waals surface area contributed by atoms with E-state index < -0.39 is 6.29 Å². The van der Waals surface area contributed by atoms with Gasteiger partial charge in [-0.25, -0.2) is 0 Å². The number of carbonyl (C=O) groups excluding carboxylic acids is 1. The number of aliphatic hydroxyl groups excluding tert-OH is 1. The van der Waals surface area contributed by atoms with Crippen LogP contribution in [0.25, 0.3) is 0 Å². The van der Waals surface area contributed by atoms with E-state index in [0.717, 1.165) is 5.56 Å². The van der Waals surface area contributed by atoms with Crippen molar-refractivity contribution in [1.82, 2.24) is 0 Å². The van der Waals surface area contributed by atoms with Gasteiger partial charge in [0.15, 0.2) is 0 Å². The minimum absolute atomic E-state index is 0.0451. The first-order chi connectivity index (χ1) is 10.2. The zero-order chi connectivity index (χ0) is 14.4. The van der Waals surface area contributed by atoms with E-state index in [-0.39, 0.29) is 23.5 Å². The Morgan fingerprint density at radius 1 is 1.10 bits per heavy atom. The lowest BCUT2D eigenvalue weighted by atomic mass is 9.67.